The fourth-order valence-electron chi connectivity index (χ4n) is 8.25. The van der Waals surface area contributed by atoms with Crippen LogP contribution in [0.25, 0.3) is 0 Å². The molecule has 0 N–H and O–H groups in total. The standard InChI is InChI=1S/C45H40N2O3/c1-32-20-22-33(23-21-32)42(48)46-41-29-26-38(30-40(41)44(4,31-43(46,2)3)34-24-27-39(28-25-34)47(49)50)45(35-14-8-5-9-15-35,36-16-10-6-11-17-36)37-18-12-7-13-19-37/h5-30H,31H2,1-4H3. The third-order valence-corrected chi connectivity index (χ3v) is 10.5. The maximum absolute atomic E-state index is 14.6. The van der Waals surface area contributed by atoms with Crippen LogP contribution in [-0.4, -0.2) is 16.4 Å². The Morgan fingerprint density at radius 1 is 0.660 bits per heavy atom. The summed E-state index contributed by atoms with van der Waals surface area (Å²) in [6.45, 7) is 8.45. The minimum absolute atomic E-state index is 0.0498. The SMILES string of the molecule is Cc1ccc(C(=O)N2c3ccc(C(c4ccccc4)(c4ccccc4)c4ccccc4)cc3C(C)(c3ccc([N+](=O)[O-])cc3)CC2(C)C)cc1. The molecule has 0 saturated carbocycles. The maximum Gasteiger partial charge on any atom is 0.269 e. The molecule has 248 valence electrons. The third kappa shape index (κ3) is 5.39. The van der Waals surface area contributed by atoms with Crippen molar-refractivity contribution >= 4 is 17.3 Å². The fourth-order valence-corrected chi connectivity index (χ4v) is 8.25. The minimum atomic E-state index is -0.687. The molecule has 0 aliphatic carbocycles. The van der Waals surface area contributed by atoms with Gasteiger partial charge >= 0.3 is 0 Å². The lowest BCUT2D eigenvalue weighted by atomic mass is 9.61. The van der Waals surface area contributed by atoms with Crippen molar-refractivity contribution in [2.45, 2.75) is 50.5 Å². The predicted octanol–water partition coefficient (Wildman–Crippen LogP) is 10.4. The maximum atomic E-state index is 14.6. The molecule has 1 amide bonds. The second-order valence-electron chi connectivity index (χ2n) is 14.2. The van der Waals surface area contributed by atoms with Crippen molar-refractivity contribution < 1.29 is 9.72 Å². The molecule has 0 spiro atoms. The van der Waals surface area contributed by atoms with Gasteiger partial charge in [-0.05, 0) is 78.8 Å². The molecule has 1 unspecified atom stereocenters. The highest BCUT2D eigenvalue weighted by Gasteiger charge is 2.49. The van der Waals surface area contributed by atoms with Gasteiger partial charge in [0.25, 0.3) is 11.6 Å². The molecule has 50 heavy (non-hydrogen) atoms. The number of nitrogens with zero attached hydrogens (tertiary/aromatic N) is 2. The van der Waals surface area contributed by atoms with E-state index in [0.29, 0.717) is 12.0 Å². The summed E-state index contributed by atoms with van der Waals surface area (Å²) in [7, 11) is 0. The van der Waals surface area contributed by atoms with Crippen LogP contribution in [0.2, 0.25) is 0 Å². The molecule has 1 aliphatic heterocycles. The molecule has 6 aromatic carbocycles. The van der Waals surface area contributed by atoms with E-state index in [1.807, 2.05) is 66.4 Å². The van der Waals surface area contributed by atoms with Crippen LogP contribution in [0, 0.1) is 17.0 Å². The summed E-state index contributed by atoms with van der Waals surface area (Å²) in [5, 5.41) is 11.7. The summed E-state index contributed by atoms with van der Waals surface area (Å²) in [6, 6.07) is 53.0. The second-order valence-corrected chi connectivity index (χ2v) is 14.2. The summed E-state index contributed by atoms with van der Waals surface area (Å²) in [5.74, 6) is -0.0600. The Hall–Kier alpha value is -5.81. The second kappa shape index (κ2) is 12.6. The molecule has 6 aromatic rings. The molecular formula is C45H40N2O3. The number of nitro benzene ring substituents is 1. The van der Waals surface area contributed by atoms with Crippen LogP contribution in [0.5, 0.6) is 0 Å². The molecular weight excluding hydrogens is 617 g/mol. The van der Waals surface area contributed by atoms with Crippen LogP contribution in [0.15, 0.2) is 158 Å². The first kappa shape index (κ1) is 32.7. The number of nitro groups is 1. The summed E-state index contributed by atoms with van der Waals surface area (Å²) in [4.78, 5) is 27.8. The number of non-ortho nitro benzene ring substituents is 1. The Morgan fingerprint density at radius 2 is 1.16 bits per heavy atom. The monoisotopic (exact) mass is 656 g/mol. The van der Waals surface area contributed by atoms with E-state index in [1.165, 1.54) is 0 Å². The highest BCUT2D eigenvalue weighted by molar-refractivity contribution is 6.08. The average Bonchev–Trinajstić information content (AvgIpc) is 3.13. The van der Waals surface area contributed by atoms with Gasteiger partial charge in [0.1, 0.15) is 0 Å². The topological polar surface area (TPSA) is 63.5 Å². The summed E-state index contributed by atoms with van der Waals surface area (Å²) in [5.41, 5.74) is 7.12. The molecule has 1 aliphatic rings. The van der Waals surface area contributed by atoms with Gasteiger partial charge < -0.3 is 4.90 Å². The molecule has 1 atom stereocenters. The van der Waals surface area contributed by atoms with Crippen LogP contribution in [0.4, 0.5) is 11.4 Å². The van der Waals surface area contributed by atoms with Crippen molar-refractivity contribution in [3.63, 3.8) is 0 Å². The van der Waals surface area contributed by atoms with Gasteiger partial charge in [0.15, 0.2) is 0 Å². The van der Waals surface area contributed by atoms with E-state index in [1.54, 1.807) is 12.1 Å². The van der Waals surface area contributed by atoms with Crippen LogP contribution >= 0.6 is 0 Å². The number of fused-ring (bicyclic) bond motifs is 1. The van der Waals surface area contributed by atoms with Gasteiger partial charge in [-0.2, -0.15) is 0 Å². The van der Waals surface area contributed by atoms with Crippen molar-refractivity contribution in [1.82, 2.24) is 0 Å². The summed E-state index contributed by atoms with van der Waals surface area (Å²) < 4.78 is 0. The Labute approximate surface area is 294 Å². The minimum Gasteiger partial charge on any atom is -0.302 e. The summed E-state index contributed by atoms with van der Waals surface area (Å²) in [6.07, 6.45) is 0.598. The quantitative estimate of drug-likeness (QED) is 0.0976. The van der Waals surface area contributed by atoms with E-state index in [2.05, 4.69) is 112 Å². The van der Waals surface area contributed by atoms with Crippen molar-refractivity contribution in [2.75, 3.05) is 4.90 Å². The lowest BCUT2D eigenvalue weighted by Gasteiger charge is -2.52. The molecule has 1 heterocycles. The van der Waals surface area contributed by atoms with Crippen molar-refractivity contribution in [3.8, 4) is 0 Å². The first-order valence-corrected chi connectivity index (χ1v) is 17.0. The van der Waals surface area contributed by atoms with Gasteiger partial charge in [-0.25, -0.2) is 0 Å². The first-order valence-electron chi connectivity index (χ1n) is 17.0. The Kier molecular flexibility index (Phi) is 8.23. The van der Waals surface area contributed by atoms with Crippen LogP contribution < -0.4 is 4.90 Å². The molecule has 0 aromatic heterocycles. The molecule has 0 saturated heterocycles. The molecule has 7 rings (SSSR count). The zero-order chi connectivity index (χ0) is 35.1. The number of amides is 1. The average molecular weight is 657 g/mol. The fraction of sp³-hybridized carbons (Fsp3) is 0.178. The van der Waals surface area contributed by atoms with Gasteiger partial charge in [0.2, 0.25) is 0 Å². The molecule has 0 fully saturated rings. The predicted molar refractivity (Wildman–Crippen MR) is 201 cm³/mol. The van der Waals surface area contributed by atoms with Gasteiger partial charge in [-0.3, -0.25) is 14.9 Å². The van der Waals surface area contributed by atoms with E-state index >= 15 is 0 Å². The number of anilines is 1. The number of aryl methyl sites for hydroxylation is 1. The van der Waals surface area contributed by atoms with Gasteiger partial charge in [0, 0.05) is 34.3 Å². The lowest BCUT2D eigenvalue weighted by Crippen LogP contribution is -2.56. The number of rotatable bonds is 7. The molecule has 5 nitrogen and oxygen atoms in total. The molecule has 0 bridgehead atoms. The molecule has 5 heteroatoms. The van der Waals surface area contributed by atoms with E-state index in [-0.39, 0.29) is 16.5 Å². The zero-order valence-corrected chi connectivity index (χ0v) is 28.8. The number of carbonyl (C=O) groups is 1. The Morgan fingerprint density at radius 3 is 1.64 bits per heavy atom. The number of carbonyl (C=O) groups excluding carboxylic acids is 1. The highest BCUT2D eigenvalue weighted by atomic mass is 16.6. The highest BCUT2D eigenvalue weighted by Crippen LogP contribution is 2.54. The molecule has 0 radical (unpaired) electrons. The van der Waals surface area contributed by atoms with Gasteiger partial charge in [-0.1, -0.05) is 140 Å². The van der Waals surface area contributed by atoms with Crippen LogP contribution in [-0.2, 0) is 10.8 Å². The smallest absolute Gasteiger partial charge is 0.269 e. The van der Waals surface area contributed by atoms with Crippen LogP contribution in [0.3, 0.4) is 0 Å². The van der Waals surface area contributed by atoms with E-state index < -0.39 is 16.4 Å². The van der Waals surface area contributed by atoms with E-state index in [4.69, 9.17) is 0 Å². The largest absolute Gasteiger partial charge is 0.302 e. The third-order valence-electron chi connectivity index (χ3n) is 10.5. The van der Waals surface area contributed by atoms with Crippen LogP contribution in [0.1, 0.15) is 76.5 Å². The number of hydrogen-bond donors (Lipinski definition) is 0. The number of hydrogen-bond acceptors (Lipinski definition) is 3. The summed E-state index contributed by atoms with van der Waals surface area (Å²) >= 11 is 0. The number of benzene rings is 6. The first-order chi connectivity index (χ1) is 24.1. The van der Waals surface area contributed by atoms with E-state index in [9.17, 15) is 14.9 Å². The van der Waals surface area contributed by atoms with Crippen molar-refractivity contribution in [1.29, 1.82) is 0 Å². The Balaban J connectivity index is 1.55. The normalized spacial score (nSPS) is 16.8. The Bertz CT molecular complexity index is 2060. The van der Waals surface area contributed by atoms with Gasteiger partial charge in [0.05, 0.1) is 10.3 Å². The lowest BCUT2D eigenvalue weighted by molar-refractivity contribution is -0.384. The zero-order valence-electron chi connectivity index (χ0n) is 28.8. The van der Waals surface area contributed by atoms with Crippen molar-refractivity contribution in [2.24, 2.45) is 0 Å². The van der Waals surface area contributed by atoms with E-state index in [0.717, 1.165) is 44.6 Å². The van der Waals surface area contributed by atoms with Gasteiger partial charge in [-0.15, -0.1) is 0 Å². The van der Waals surface area contributed by atoms with Crippen molar-refractivity contribution in [3.05, 3.63) is 212 Å².